The van der Waals surface area contributed by atoms with E-state index >= 15 is 0 Å². The van der Waals surface area contributed by atoms with Crippen LogP contribution in [0, 0.1) is 0 Å². The Labute approximate surface area is 204 Å². The van der Waals surface area contributed by atoms with Gasteiger partial charge >= 0.3 is 5.97 Å². The molecule has 0 aliphatic carbocycles. The minimum absolute atomic E-state index is 0.186. The second kappa shape index (κ2) is 9.87. The van der Waals surface area contributed by atoms with E-state index in [1.807, 2.05) is 6.07 Å². The molecular formula is C24H18Cl2N2O4S. The van der Waals surface area contributed by atoms with E-state index in [4.69, 9.17) is 32.4 Å². The van der Waals surface area contributed by atoms with E-state index in [1.54, 1.807) is 68.6 Å². The van der Waals surface area contributed by atoms with Crippen LogP contribution in [0.15, 0.2) is 68.9 Å². The predicted octanol–water partition coefficient (Wildman–Crippen LogP) is 6.66. The van der Waals surface area contributed by atoms with Gasteiger partial charge in [0.05, 0.1) is 32.8 Å². The molecule has 4 rings (SSSR count). The molecule has 0 bridgehead atoms. The van der Waals surface area contributed by atoms with Gasteiger partial charge in [-0.3, -0.25) is 9.69 Å². The van der Waals surface area contributed by atoms with Crippen LogP contribution in [0.1, 0.15) is 23.0 Å². The Balaban J connectivity index is 1.53. The minimum atomic E-state index is -0.386. The molecule has 0 unspecified atom stereocenters. The lowest BCUT2D eigenvalue weighted by Gasteiger charge is -2.07. The summed E-state index contributed by atoms with van der Waals surface area (Å²) >= 11 is 13.3. The third kappa shape index (κ3) is 5.16. The summed E-state index contributed by atoms with van der Waals surface area (Å²) in [5.41, 5.74) is 1.84. The molecule has 0 N–H and O–H groups in total. The fourth-order valence-corrected chi connectivity index (χ4v) is 4.28. The second-order valence-electron chi connectivity index (χ2n) is 6.97. The highest BCUT2D eigenvalue weighted by Crippen LogP contribution is 2.35. The molecule has 0 atom stereocenters. The van der Waals surface area contributed by atoms with E-state index < -0.39 is 0 Å². The number of aliphatic imine (C=N–C) groups is 1. The van der Waals surface area contributed by atoms with Gasteiger partial charge in [0.1, 0.15) is 11.5 Å². The topological polar surface area (TPSA) is 72.1 Å². The molecule has 3 aromatic rings. The highest BCUT2D eigenvalue weighted by atomic mass is 35.5. The maximum Gasteiger partial charge on any atom is 0.338 e. The number of carbonyl (C=O) groups excluding carboxylic acids is 2. The third-order valence-electron chi connectivity index (χ3n) is 4.71. The van der Waals surface area contributed by atoms with Crippen molar-refractivity contribution in [3.8, 4) is 11.3 Å². The molecule has 0 saturated carbocycles. The number of hydrogen-bond acceptors (Lipinski definition) is 6. The van der Waals surface area contributed by atoms with E-state index in [1.165, 1.54) is 16.7 Å². The van der Waals surface area contributed by atoms with Crippen molar-refractivity contribution in [2.75, 3.05) is 13.7 Å². The number of amidine groups is 1. The van der Waals surface area contributed by atoms with Crippen molar-refractivity contribution in [3.63, 3.8) is 0 Å². The largest absolute Gasteiger partial charge is 0.462 e. The molecule has 1 fully saturated rings. The molecule has 0 spiro atoms. The fourth-order valence-electron chi connectivity index (χ4n) is 3.01. The van der Waals surface area contributed by atoms with E-state index in [2.05, 4.69) is 4.99 Å². The average molecular weight is 501 g/mol. The Hall–Kier alpha value is -3.00. The molecule has 1 aliphatic heterocycles. The summed E-state index contributed by atoms with van der Waals surface area (Å²) in [7, 11) is 1.66. The van der Waals surface area contributed by atoms with Crippen molar-refractivity contribution < 1.29 is 18.7 Å². The van der Waals surface area contributed by atoms with Crippen molar-refractivity contribution >= 4 is 63.8 Å². The van der Waals surface area contributed by atoms with Gasteiger partial charge in [-0.15, -0.1) is 0 Å². The van der Waals surface area contributed by atoms with Gasteiger partial charge in [0, 0.05) is 18.7 Å². The predicted molar refractivity (Wildman–Crippen MR) is 132 cm³/mol. The van der Waals surface area contributed by atoms with Gasteiger partial charge in [0.25, 0.3) is 5.91 Å². The summed E-state index contributed by atoms with van der Waals surface area (Å²) in [6, 6.07) is 15.5. The number of furan rings is 1. The Bertz CT molecular complexity index is 1280. The quantitative estimate of drug-likeness (QED) is 0.289. The van der Waals surface area contributed by atoms with Crippen LogP contribution in [0.2, 0.25) is 10.0 Å². The average Bonchev–Trinajstić information content (AvgIpc) is 3.37. The van der Waals surface area contributed by atoms with Crippen LogP contribution in [0.3, 0.4) is 0 Å². The van der Waals surface area contributed by atoms with Crippen LogP contribution in [-0.4, -0.2) is 35.6 Å². The summed E-state index contributed by atoms with van der Waals surface area (Å²) in [6.45, 7) is 2.07. The Kier molecular flexibility index (Phi) is 6.93. The molecule has 9 heteroatoms. The molecule has 1 amide bonds. The Morgan fingerprint density at radius 2 is 1.88 bits per heavy atom. The Morgan fingerprint density at radius 1 is 1.12 bits per heavy atom. The highest BCUT2D eigenvalue weighted by Gasteiger charge is 2.30. The number of nitrogens with zero attached hydrogens (tertiary/aromatic N) is 2. The number of thioether (sulfide) groups is 1. The number of esters is 1. The van der Waals surface area contributed by atoms with Gasteiger partial charge < -0.3 is 9.15 Å². The van der Waals surface area contributed by atoms with Crippen LogP contribution in [-0.2, 0) is 9.53 Å². The minimum Gasteiger partial charge on any atom is -0.462 e. The summed E-state index contributed by atoms with van der Waals surface area (Å²) < 4.78 is 10.9. The summed E-state index contributed by atoms with van der Waals surface area (Å²) in [6.07, 6.45) is 1.68. The van der Waals surface area contributed by atoms with Gasteiger partial charge in [0.15, 0.2) is 5.17 Å². The summed E-state index contributed by atoms with van der Waals surface area (Å²) in [5.74, 6) is 0.567. The lowest BCUT2D eigenvalue weighted by molar-refractivity contribution is -0.121. The smallest absolute Gasteiger partial charge is 0.338 e. The molecule has 168 valence electrons. The van der Waals surface area contributed by atoms with Crippen molar-refractivity contribution in [1.82, 2.24) is 4.90 Å². The second-order valence-corrected chi connectivity index (χ2v) is 8.79. The van der Waals surface area contributed by atoms with E-state index in [0.717, 1.165) is 5.56 Å². The van der Waals surface area contributed by atoms with Gasteiger partial charge in [-0.2, -0.15) is 0 Å². The molecule has 2 aromatic carbocycles. The van der Waals surface area contributed by atoms with Crippen LogP contribution < -0.4 is 0 Å². The number of ether oxygens (including phenoxy) is 1. The van der Waals surface area contributed by atoms with Crippen molar-refractivity contribution in [2.45, 2.75) is 6.92 Å². The first kappa shape index (κ1) is 23.2. The third-order valence-corrected chi connectivity index (χ3v) is 6.51. The zero-order valence-electron chi connectivity index (χ0n) is 17.7. The molecule has 0 radical (unpaired) electrons. The van der Waals surface area contributed by atoms with Crippen LogP contribution in [0.5, 0.6) is 0 Å². The number of amides is 1. The lowest BCUT2D eigenvalue weighted by atomic mass is 10.2. The number of hydrogen-bond donors (Lipinski definition) is 0. The number of halogens is 2. The van der Waals surface area contributed by atoms with Gasteiger partial charge in [-0.25, -0.2) is 9.79 Å². The van der Waals surface area contributed by atoms with Crippen molar-refractivity contribution in [2.24, 2.45) is 4.99 Å². The van der Waals surface area contributed by atoms with E-state index in [-0.39, 0.29) is 11.9 Å². The van der Waals surface area contributed by atoms with Gasteiger partial charge in [-0.05, 0) is 73.3 Å². The van der Waals surface area contributed by atoms with Gasteiger partial charge in [0.2, 0.25) is 0 Å². The standard InChI is InChI=1S/C24H18Cl2N2O4S/c1-3-31-23(30)14-4-7-16(8-5-14)27-24-28(2)22(29)21(33-24)13-17-9-11-20(32-17)15-6-10-18(25)19(26)12-15/h4-13H,3H2,1-2H3/b21-13+,27-24?. The summed E-state index contributed by atoms with van der Waals surface area (Å²) in [5, 5.41) is 1.42. The monoisotopic (exact) mass is 500 g/mol. The molecule has 1 aliphatic rings. The van der Waals surface area contributed by atoms with Crippen LogP contribution in [0.25, 0.3) is 17.4 Å². The zero-order chi connectivity index (χ0) is 23.5. The van der Waals surface area contributed by atoms with E-state index in [9.17, 15) is 9.59 Å². The lowest BCUT2D eigenvalue weighted by Crippen LogP contribution is -2.23. The molecule has 2 heterocycles. The first-order valence-electron chi connectivity index (χ1n) is 9.94. The molecule has 33 heavy (non-hydrogen) atoms. The number of carbonyl (C=O) groups is 2. The summed E-state index contributed by atoms with van der Waals surface area (Å²) in [4.78, 5) is 31.0. The zero-order valence-corrected chi connectivity index (χ0v) is 20.0. The molecule has 1 saturated heterocycles. The number of benzene rings is 2. The molecular weight excluding hydrogens is 483 g/mol. The normalized spacial score (nSPS) is 16.1. The molecule has 6 nitrogen and oxygen atoms in total. The first-order chi connectivity index (χ1) is 15.9. The van der Waals surface area contributed by atoms with E-state index in [0.29, 0.717) is 49.5 Å². The van der Waals surface area contributed by atoms with Crippen molar-refractivity contribution in [3.05, 3.63) is 80.9 Å². The number of rotatable bonds is 5. The first-order valence-corrected chi connectivity index (χ1v) is 11.5. The number of likely N-dealkylation sites (N-methyl/N-ethyl adjacent to an activating group) is 1. The maximum absolute atomic E-state index is 12.7. The van der Waals surface area contributed by atoms with Crippen molar-refractivity contribution in [1.29, 1.82) is 0 Å². The molecule has 1 aromatic heterocycles. The maximum atomic E-state index is 12.7. The van der Waals surface area contributed by atoms with Gasteiger partial charge in [-0.1, -0.05) is 23.2 Å². The van der Waals surface area contributed by atoms with Crippen LogP contribution >= 0.6 is 35.0 Å². The SMILES string of the molecule is CCOC(=O)c1ccc(N=C2S/C(=C/c3ccc(-c4ccc(Cl)c(Cl)c4)o3)C(=O)N2C)cc1. The fraction of sp³-hybridized carbons (Fsp3) is 0.125. The Morgan fingerprint density at radius 3 is 2.58 bits per heavy atom. The highest BCUT2D eigenvalue weighted by molar-refractivity contribution is 8.18. The van der Waals surface area contributed by atoms with Crippen LogP contribution in [0.4, 0.5) is 5.69 Å².